The molecule has 0 unspecified atom stereocenters. The van der Waals surface area contributed by atoms with Crippen LogP contribution in [0.4, 0.5) is 17.1 Å². The molecule has 0 spiro atoms. The molecule has 176 valence electrons. The van der Waals surface area contributed by atoms with Gasteiger partial charge in [-0.3, -0.25) is 0 Å². The molecule has 1 heterocycles. The topological polar surface area (TPSA) is 29.0 Å². The Balaban J connectivity index is 1.55. The third kappa shape index (κ3) is 3.51. The van der Waals surface area contributed by atoms with Gasteiger partial charge < -0.3 is 4.90 Å². The van der Waals surface area contributed by atoms with Crippen LogP contribution in [-0.4, -0.2) is 9.97 Å². The molecule has 7 rings (SSSR count). The number of nitrogens with zero attached hydrogens (tertiary/aromatic N) is 3. The molecule has 6 aromatic carbocycles. The maximum Gasteiger partial charge on any atom is 0.0915 e. The van der Waals surface area contributed by atoms with E-state index in [0.717, 1.165) is 39.1 Å². The molecule has 0 N–H and O–H groups in total. The average Bonchev–Trinajstić information content (AvgIpc) is 2.94. The Morgan fingerprint density at radius 2 is 0.892 bits per heavy atom. The van der Waals surface area contributed by atoms with Crippen LogP contribution >= 0.6 is 0 Å². The summed E-state index contributed by atoms with van der Waals surface area (Å²) in [6, 6.07) is 40.7. The zero-order valence-corrected chi connectivity index (χ0v) is 20.8. The van der Waals surface area contributed by atoms with E-state index in [1.165, 1.54) is 32.7 Å². The highest BCUT2D eigenvalue weighted by molar-refractivity contribution is 6.06. The lowest BCUT2D eigenvalue weighted by Gasteiger charge is -2.29. The van der Waals surface area contributed by atoms with Crippen molar-refractivity contribution in [2.45, 2.75) is 13.8 Å². The zero-order chi connectivity index (χ0) is 24.9. The van der Waals surface area contributed by atoms with E-state index in [0.29, 0.717) is 0 Å². The number of aromatic nitrogens is 2. The Morgan fingerprint density at radius 1 is 0.432 bits per heavy atom. The smallest absolute Gasteiger partial charge is 0.0915 e. The van der Waals surface area contributed by atoms with Gasteiger partial charge >= 0.3 is 0 Å². The summed E-state index contributed by atoms with van der Waals surface area (Å²) >= 11 is 0. The Bertz CT molecular complexity index is 1890. The van der Waals surface area contributed by atoms with Gasteiger partial charge in [-0.1, -0.05) is 72.8 Å². The van der Waals surface area contributed by atoms with Crippen molar-refractivity contribution in [3.05, 3.63) is 126 Å². The second-order valence-electron chi connectivity index (χ2n) is 9.62. The molecule has 0 aliphatic rings. The van der Waals surface area contributed by atoms with E-state index in [1.54, 1.807) is 0 Å². The molecule has 0 bridgehead atoms. The van der Waals surface area contributed by atoms with Crippen LogP contribution < -0.4 is 4.90 Å². The lowest BCUT2D eigenvalue weighted by molar-refractivity contribution is 1.30. The summed E-state index contributed by atoms with van der Waals surface area (Å²) < 4.78 is 0. The minimum absolute atomic E-state index is 0.883. The van der Waals surface area contributed by atoms with Crippen molar-refractivity contribution in [2.24, 2.45) is 0 Å². The summed E-state index contributed by atoms with van der Waals surface area (Å²) in [6.45, 7) is 4.35. The van der Waals surface area contributed by atoms with Crippen molar-refractivity contribution >= 4 is 60.7 Å². The van der Waals surface area contributed by atoms with Crippen LogP contribution in [0.1, 0.15) is 11.1 Å². The fourth-order valence-electron chi connectivity index (χ4n) is 5.41. The number of benzene rings is 6. The Kier molecular flexibility index (Phi) is 4.90. The average molecular weight is 476 g/mol. The molecular formula is C34H25N3. The second-order valence-corrected chi connectivity index (χ2v) is 9.62. The van der Waals surface area contributed by atoms with Crippen molar-refractivity contribution in [1.82, 2.24) is 9.97 Å². The van der Waals surface area contributed by atoms with E-state index in [2.05, 4.69) is 110 Å². The van der Waals surface area contributed by atoms with E-state index >= 15 is 0 Å². The predicted molar refractivity (Wildman–Crippen MR) is 156 cm³/mol. The van der Waals surface area contributed by atoms with Gasteiger partial charge in [-0.2, -0.15) is 0 Å². The number of anilines is 3. The third-order valence-electron chi connectivity index (χ3n) is 7.30. The number of hydrogen-bond donors (Lipinski definition) is 0. The zero-order valence-electron chi connectivity index (χ0n) is 20.8. The Labute approximate surface area is 215 Å². The van der Waals surface area contributed by atoms with Gasteiger partial charge in [0.05, 0.1) is 33.4 Å². The summed E-state index contributed by atoms with van der Waals surface area (Å²) in [5.74, 6) is 0. The van der Waals surface area contributed by atoms with Crippen LogP contribution in [0.15, 0.2) is 115 Å². The van der Waals surface area contributed by atoms with Gasteiger partial charge in [0.2, 0.25) is 0 Å². The van der Waals surface area contributed by atoms with Crippen LogP contribution in [0, 0.1) is 13.8 Å². The largest absolute Gasteiger partial charge is 0.309 e. The van der Waals surface area contributed by atoms with E-state index < -0.39 is 0 Å². The number of aryl methyl sites for hydroxylation is 2. The van der Waals surface area contributed by atoms with Crippen LogP contribution in [-0.2, 0) is 0 Å². The Morgan fingerprint density at radius 3 is 1.46 bits per heavy atom. The highest BCUT2D eigenvalue weighted by Gasteiger charge is 2.19. The quantitative estimate of drug-likeness (QED) is 0.239. The second kappa shape index (κ2) is 8.42. The molecule has 0 aliphatic heterocycles. The molecular weight excluding hydrogens is 450 g/mol. The molecule has 1 aromatic heterocycles. The maximum atomic E-state index is 4.97. The summed E-state index contributed by atoms with van der Waals surface area (Å²) in [5, 5.41) is 4.95. The highest BCUT2D eigenvalue weighted by atomic mass is 15.1. The molecule has 0 saturated carbocycles. The van der Waals surface area contributed by atoms with Crippen molar-refractivity contribution in [1.29, 1.82) is 0 Å². The van der Waals surface area contributed by atoms with Gasteiger partial charge in [0.1, 0.15) is 0 Å². The molecule has 3 nitrogen and oxygen atoms in total. The summed E-state index contributed by atoms with van der Waals surface area (Å²) in [6.07, 6.45) is 0. The van der Waals surface area contributed by atoms with Gasteiger partial charge in [-0.25, -0.2) is 9.97 Å². The van der Waals surface area contributed by atoms with Crippen LogP contribution in [0.3, 0.4) is 0 Å². The summed E-state index contributed by atoms with van der Waals surface area (Å²) in [7, 11) is 0. The fourth-order valence-corrected chi connectivity index (χ4v) is 5.41. The number of hydrogen-bond acceptors (Lipinski definition) is 3. The monoisotopic (exact) mass is 475 g/mol. The maximum absolute atomic E-state index is 4.97. The van der Waals surface area contributed by atoms with Crippen LogP contribution in [0.2, 0.25) is 0 Å². The van der Waals surface area contributed by atoms with Crippen molar-refractivity contribution in [2.75, 3.05) is 4.90 Å². The first-order valence-electron chi connectivity index (χ1n) is 12.6. The van der Waals surface area contributed by atoms with Crippen LogP contribution in [0.25, 0.3) is 43.6 Å². The standard InChI is InChI=1S/C34H25N3/c1-22-15-19-33(27-11-5-3-9-25(22)27)37(34-20-16-23(2)26-10-4-6-12-28(26)34)24-17-18-31-32(21-24)36-30-14-8-7-13-29(30)35-31/h3-21H,1-2H3. The molecule has 0 radical (unpaired) electrons. The van der Waals surface area contributed by atoms with Gasteiger partial charge in [-0.15, -0.1) is 0 Å². The highest BCUT2D eigenvalue weighted by Crippen LogP contribution is 2.43. The molecule has 7 aromatic rings. The number of fused-ring (bicyclic) bond motifs is 4. The first kappa shape index (κ1) is 21.5. The summed E-state index contributed by atoms with van der Waals surface area (Å²) in [4.78, 5) is 12.2. The van der Waals surface area contributed by atoms with Crippen molar-refractivity contribution in [3.63, 3.8) is 0 Å². The Hall–Kier alpha value is -4.76. The van der Waals surface area contributed by atoms with Gasteiger partial charge in [-0.05, 0) is 78.2 Å². The van der Waals surface area contributed by atoms with Crippen LogP contribution in [0.5, 0.6) is 0 Å². The summed E-state index contributed by atoms with van der Waals surface area (Å²) in [5.41, 5.74) is 9.47. The van der Waals surface area contributed by atoms with Crippen molar-refractivity contribution in [3.8, 4) is 0 Å². The molecule has 37 heavy (non-hydrogen) atoms. The molecule has 0 amide bonds. The SMILES string of the molecule is Cc1ccc(N(c2ccc3nc4ccccc4nc3c2)c2ccc(C)c3ccccc23)c2ccccc12. The van der Waals surface area contributed by atoms with Crippen molar-refractivity contribution < 1.29 is 0 Å². The normalized spacial score (nSPS) is 11.5. The first-order valence-corrected chi connectivity index (χ1v) is 12.6. The predicted octanol–water partition coefficient (Wildman–Crippen LogP) is 9.18. The molecule has 0 atom stereocenters. The van der Waals surface area contributed by atoms with Gasteiger partial charge in [0.25, 0.3) is 0 Å². The van der Waals surface area contributed by atoms with E-state index in [9.17, 15) is 0 Å². The molecule has 0 saturated heterocycles. The first-order chi connectivity index (χ1) is 18.2. The van der Waals surface area contributed by atoms with Gasteiger partial charge in [0, 0.05) is 16.5 Å². The minimum Gasteiger partial charge on any atom is -0.309 e. The lowest BCUT2D eigenvalue weighted by atomic mass is 9.99. The number of rotatable bonds is 3. The lowest BCUT2D eigenvalue weighted by Crippen LogP contribution is -2.11. The van der Waals surface area contributed by atoms with E-state index in [-0.39, 0.29) is 0 Å². The number of para-hydroxylation sites is 2. The third-order valence-corrected chi connectivity index (χ3v) is 7.30. The van der Waals surface area contributed by atoms with E-state index in [4.69, 9.17) is 9.97 Å². The van der Waals surface area contributed by atoms with Gasteiger partial charge in [0.15, 0.2) is 0 Å². The molecule has 3 heteroatoms. The van der Waals surface area contributed by atoms with E-state index in [1.807, 2.05) is 24.3 Å². The minimum atomic E-state index is 0.883. The molecule has 0 aliphatic carbocycles. The fraction of sp³-hybridized carbons (Fsp3) is 0.0588. The molecule has 0 fully saturated rings.